The topological polar surface area (TPSA) is 67.1 Å². The minimum atomic E-state index is 0.387. The fraction of sp³-hybridized carbons (Fsp3) is 0.421. The molecule has 1 aliphatic rings. The summed E-state index contributed by atoms with van der Waals surface area (Å²) in [5.41, 5.74) is 2.82. The maximum Gasteiger partial charge on any atom is 0.298 e. The number of piperidine rings is 1. The Balaban J connectivity index is 1.30. The highest BCUT2D eigenvalue weighted by Gasteiger charge is 2.23. The Kier molecular flexibility index (Phi) is 4.61. The van der Waals surface area contributed by atoms with Crippen molar-refractivity contribution in [1.82, 2.24) is 20.3 Å². The van der Waals surface area contributed by atoms with E-state index in [1.165, 1.54) is 0 Å². The zero-order valence-corrected chi connectivity index (χ0v) is 14.4. The van der Waals surface area contributed by atoms with E-state index in [0.717, 1.165) is 55.2 Å². The molecule has 2 aromatic heterocycles. The molecule has 1 aliphatic heterocycles. The third-order valence-electron chi connectivity index (χ3n) is 4.70. The molecule has 1 atom stereocenters. The molecule has 6 heteroatoms. The lowest BCUT2D eigenvalue weighted by atomic mass is 10.0. The minimum Gasteiger partial charge on any atom is -0.423 e. The molecule has 1 fully saturated rings. The SMILES string of the molecule is C[C@H](Cc1cnccn1)NC1CCN(c2nc3ccccc3o2)CC1. The number of nitrogens with one attached hydrogen (secondary N) is 1. The van der Waals surface area contributed by atoms with Crippen LogP contribution in [0.3, 0.4) is 0 Å². The van der Waals surface area contributed by atoms with E-state index in [-0.39, 0.29) is 0 Å². The molecule has 0 aliphatic carbocycles. The van der Waals surface area contributed by atoms with Gasteiger partial charge in [0.25, 0.3) is 6.01 Å². The standard InChI is InChI=1S/C19H23N5O/c1-14(12-16-13-20-8-9-21-16)22-15-6-10-24(11-7-15)19-23-17-4-2-3-5-18(17)25-19/h2-5,8-9,13-15,22H,6-7,10-12H2,1H3/t14-/m1/s1. The average molecular weight is 337 g/mol. The highest BCUT2D eigenvalue weighted by atomic mass is 16.4. The van der Waals surface area contributed by atoms with E-state index in [1.54, 1.807) is 12.4 Å². The van der Waals surface area contributed by atoms with Crippen molar-refractivity contribution in [2.45, 2.75) is 38.3 Å². The monoisotopic (exact) mass is 337 g/mol. The Hall–Kier alpha value is -2.47. The summed E-state index contributed by atoms with van der Waals surface area (Å²) in [7, 11) is 0. The first kappa shape index (κ1) is 16.0. The molecule has 0 saturated carbocycles. The second kappa shape index (κ2) is 7.19. The first-order valence-electron chi connectivity index (χ1n) is 8.89. The molecule has 0 amide bonds. The number of rotatable bonds is 5. The van der Waals surface area contributed by atoms with E-state index >= 15 is 0 Å². The molecule has 3 heterocycles. The van der Waals surface area contributed by atoms with Gasteiger partial charge in [0, 0.05) is 50.2 Å². The zero-order chi connectivity index (χ0) is 17.1. The lowest BCUT2D eigenvalue weighted by Gasteiger charge is -2.33. The van der Waals surface area contributed by atoms with Crippen molar-refractivity contribution in [3.05, 3.63) is 48.5 Å². The molecule has 0 unspecified atom stereocenters. The van der Waals surface area contributed by atoms with Crippen molar-refractivity contribution in [2.24, 2.45) is 0 Å². The van der Waals surface area contributed by atoms with Crippen LogP contribution in [0.4, 0.5) is 6.01 Å². The Labute approximate surface area is 147 Å². The van der Waals surface area contributed by atoms with Crippen LogP contribution in [0.5, 0.6) is 0 Å². The van der Waals surface area contributed by atoms with Crippen LogP contribution in [0.25, 0.3) is 11.1 Å². The first-order valence-corrected chi connectivity index (χ1v) is 8.89. The Morgan fingerprint density at radius 1 is 1.24 bits per heavy atom. The fourth-order valence-electron chi connectivity index (χ4n) is 3.44. The molecule has 25 heavy (non-hydrogen) atoms. The molecule has 0 spiro atoms. The van der Waals surface area contributed by atoms with Crippen molar-refractivity contribution in [3.63, 3.8) is 0 Å². The van der Waals surface area contributed by atoms with Gasteiger partial charge in [-0.25, -0.2) is 0 Å². The number of benzene rings is 1. The van der Waals surface area contributed by atoms with Gasteiger partial charge in [-0.2, -0.15) is 4.98 Å². The third kappa shape index (κ3) is 3.79. The lowest BCUT2D eigenvalue weighted by Crippen LogP contribution is -2.46. The van der Waals surface area contributed by atoms with Crippen LogP contribution in [-0.4, -0.2) is 40.1 Å². The van der Waals surface area contributed by atoms with Crippen molar-refractivity contribution in [2.75, 3.05) is 18.0 Å². The van der Waals surface area contributed by atoms with Crippen molar-refractivity contribution in [3.8, 4) is 0 Å². The molecular weight excluding hydrogens is 314 g/mol. The maximum absolute atomic E-state index is 5.88. The van der Waals surface area contributed by atoms with Crippen molar-refractivity contribution >= 4 is 17.1 Å². The smallest absolute Gasteiger partial charge is 0.298 e. The molecule has 3 aromatic rings. The van der Waals surface area contributed by atoms with Gasteiger partial charge in [0.15, 0.2) is 5.58 Å². The number of hydrogen-bond donors (Lipinski definition) is 1. The summed E-state index contributed by atoms with van der Waals surface area (Å²) < 4.78 is 5.88. The number of hydrogen-bond acceptors (Lipinski definition) is 6. The van der Waals surface area contributed by atoms with Gasteiger partial charge in [-0.05, 0) is 31.9 Å². The highest BCUT2D eigenvalue weighted by molar-refractivity contribution is 5.74. The van der Waals surface area contributed by atoms with Crippen LogP contribution in [0.15, 0.2) is 47.3 Å². The zero-order valence-electron chi connectivity index (χ0n) is 14.4. The molecule has 1 aromatic carbocycles. The predicted molar refractivity (Wildman–Crippen MR) is 97.6 cm³/mol. The largest absolute Gasteiger partial charge is 0.423 e. The second-order valence-electron chi connectivity index (χ2n) is 6.69. The van der Waals surface area contributed by atoms with Crippen LogP contribution < -0.4 is 10.2 Å². The maximum atomic E-state index is 5.88. The van der Waals surface area contributed by atoms with Crippen LogP contribution in [0, 0.1) is 0 Å². The molecule has 4 rings (SSSR count). The van der Waals surface area contributed by atoms with Crippen LogP contribution in [0.2, 0.25) is 0 Å². The minimum absolute atomic E-state index is 0.387. The van der Waals surface area contributed by atoms with Crippen molar-refractivity contribution < 1.29 is 4.42 Å². The number of nitrogens with zero attached hydrogens (tertiary/aromatic N) is 4. The summed E-state index contributed by atoms with van der Waals surface area (Å²) in [6.07, 6.45) is 8.38. The normalized spacial score (nSPS) is 17.1. The summed E-state index contributed by atoms with van der Waals surface area (Å²) in [5.74, 6) is 0. The lowest BCUT2D eigenvalue weighted by molar-refractivity contribution is 0.365. The van der Waals surface area contributed by atoms with Gasteiger partial charge in [0.1, 0.15) is 5.52 Å². The van der Waals surface area contributed by atoms with E-state index in [0.29, 0.717) is 12.1 Å². The van der Waals surface area contributed by atoms with E-state index in [2.05, 4.69) is 32.1 Å². The summed E-state index contributed by atoms with van der Waals surface area (Å²) in [5, 5.41) is 3.72. The number of aromatic nitrogens is 3. The van der Waals surface area contributed by atoms with Crippen LogP contribution in [0.1, 0.15) is 25.5 Å². The molecule has 0 radical (unpaired) electrons. The number of fused-ring (bicyclic) bond motifs is 1. The van der Waals surface area contributed by atoms with Gasteiger partial charge in [-0.1, -0.05) is 12.1 Å². The Morgan fingerprint density at radius 3 is 2.84 bits per heavy atom. The van der Waals surface area contributed by atoms with E-state index < -0.39 is 0 Å². The predicted octanol–water partition coefficient (Wildman–Crippen LogP) is 2.81. The van der Waals surface area contributed by atoms with Gasteiger partial charge in [0.05, 0.1) is 5.69 Å². The Bertz CT molecular complexity index is 778. The number of oxazole rings is 1. The van der Waals surface area contributed by atoms with E-state index in [1.807, 2.05) is 30.5 Å². The van der Waals surface area contributed by atoms with E-state index in [9.17, 15) is 0 Å². The molecule has 6 nitrogen and oxygen atoms in total. The Morgan fingerprint density at radius 2 is 2.08 bits per heavy atom. The van der Waals surface area contributed by atoms with Crippen molar-refractivity contribution in [1.29, 1.82) is 0 Å². The van der Waals surface area contributed by atoms with Gasteiger partial charge in [-0.3, -0.25) is 9.97 Å². The van der Waals surface area contributed by atoms with Gasteiger partial charge >= 0.3 is 0 Å². The molecule has 1 N–H and O–H groups in total. The highest BCUT2D eigenvalue weighted by Crippen LogP contribution is 2.24. The van der Waals surface area contributed by atoms with Gasteiger partial charge in [0.2, 0.25) is 0 Å². The summed E-state index contributed by atoms with van der Waals surface area (Å²) in [6.45, 7) is 4.13. The summed E-state index contributed by atoms with van der Waals surface area (Å²) in [6, 6.07) is 9.58. The summed E-state index contributed by atoms with van der Waals surface area (Å²) in [4.78, 5) is 15.3. The summed E-state index contributed by atoms with van der Waals surface area (Å²) >= 11 is 0. The van der Waals surface area contributed by atoms with Crippen LogP contribution >= 0.6 is 0 Å². The molecule has 130 valence electrons. The fourth-order valence-corrected chi connectivity index (χ4v) is 3.44. The number of anilines is 1. The first-order chi connectivity index (χ1) is 12.3. The third-order valence-corrected chi connectivity index (χ3v) is 4.70. The van der Waals surface area contributed by atoms with Crippen LogP contribution in [-0.2, 0) is 6.42 Å². The van der Waals surface area contributed by atoms with E-state index in [4.69, 9.17) is 4.42 Å². The second-order valence-corrected chi connectivity index (χ2v) is 6.69. The molecule has 1 saturated heterocycles. The molecule has 0 bridgehead atoms. The molecular formula is C19H23N5O. The van der Waals surface area contributed by atoms with Gasteiger partial charge < -0.3 is 14.6 Å². The average Bonchev–Trinajstić information content (AvgIpc) is 3.07. The quantitative estimate of drug-likeness (QED) is 0.772. The number of para-hydroxylation sites is 2. The van der Waals surface area contributed by atoms with Gasteiger partial charge in [-0.15, -0.1) is 0 Å².